The Kier molecular flexibility index (Phi) is 9.53. The van der Waals surface area contributed by atoms with Crippen molar-refractivity contribution in [2.45, 2.75) is 38.4 Å². The van der Waals surface area contributed by atoms with Gasteiger partial charge in [0.1, 0.15) is 11.8 Å². The van der Waals surface area contributed by atoms with Crippen molar-refractivity contribution in [3.63, 3.8) is 0 Å². The Morgan fingerprint density at radius 3 is 2.38 bits per heavy atom. The molecular formula is C30H34N4O5. The number of hydrogen-bond donors (Lipinski definition) is 4. The van der Waals surface area contributed by atoms with E-state index in [1.807, 2.05) is 18.2 Å². The lowest BCUT2D eigenvalue weighted by molar-refractivity contribution is -0.123. The molecule has 0 saturated carbocycles. The number of amides is 3. The normalized spacial score (nSPS) is 15.8. The van der Waals surface area contributed by atoms with Crippen LogP contribution < -0.4 is 16.0 Å². The zero-order chi connectivity index (χ0) is 27.6. The van der Waals surface area contributed by atoms with Gasteiger partial charge in [0.15, 0.2) is 0 Å². The summed E-state index contributed by atoms with van der Waals surface area (Å²) in [5.41, 5.74) is 2.87. The number of aromatic hydroxyl groups is 1. The molecule has 1 aliphatic rings. The number of urea groups is 1. The molecule has 4 rings (SSSR count). The molecule has 1 aliphatic heterocycles. The number of hydrogen-bond acceptors (Lipinski definition) is 6. The van der Waals surface area contributed by atoms with Crippen LogP contribution in [0.25, 0.3) is 0 Å². The molecule has 3 amide bonds. The smallest absolute Gasteiger partial charge is 0.338 e. The highest BCUT2D eigenvalue weighted by molar-refractivity contribution is 5.95. The number of phenols is 1. The maximum absolute atomic E-state index is 13.3. The molecule has 1 heterocycles. The van der Waals surface area contributed by atoms with E-state index in [0.29, 0.717) is 11.3 Å². The fraction of sp³-hybridized carbons (Fsp3) is 0.300. The predicted molar refractivity (Wildman–Crippen MR) is 148 cm³/mol. The Labute approximate surface area is 228 Å². The topological polar surface area (TPSA) is 120 Å². The van der Waals surface area contributed by atoms with Gasteiger partial charge in [-0.25, -0.2) is 9.59 Å². The number of esters is 1. The summed E-state index contributed by atoms with van der Waals surface area (Å²) in [6.07, 6.45) is 1.07. The van der Waals surface area contributed by atoms with Gasteiger partial charge in [0.05, 0.1) is 12.2 Å². The standard InChI is InChI=1S/C30H34N4O5/c1-2-39-29(37)23-10-12-24(13-11-23)32-30(38)33-27(18-21-8-14-26(35)15-9-21)28(36)31-25-16-17-34(20-25)19-22-6-4-3-5-7-22/h3-15,25,27,35H,2,16-20H2,1H3,(H,31,36)(H2,32,33,38)/t25?,27-/m0/s1. The average Bonchev–Trinajstić information content (AvgIpc) is 3.37. The van der Waals surface area contributed by atoms with E-state index in [2.05, 4.69) is 33.0 Å². The van der Waals surface area contributed by atoms with Crippen LogP contribution in [0.15, 0.2) is 78.9 Å². The number of nitrogens with one attached hydrogen (secondary N) is 3. The Morgan fingerprint density at radius 1 is 0.974 bits per heavy atom. The highest BCUT2D eigenvalue weighted by Crippen LogP contribution is 2.16. The number of anilines is 1. The third-order valence-electron chi connectivity index (χ3n) is 6.52. The minimum Gasteiger partial charge on any atom is -0.508 e. The van der Waals surface area contributed by atoms with Crippen LogP contribution in [0.4, 0.5) is 10.5 Å². The third kappa shape index (κ3) is 8.31. The molecule has 0 aromatic heterocycles. The van der Waals surface area contributed by atoms with E-state index < -0.39 is 18.0 Å². The molecule has 3 aromatic rings. The molecule has 0 radical (unpaired) electrons. The summed E-state index contributed by atoms with van der Waals surface area (Å²) in [5, 5.41) is 18.2. The number of ether oxygens (including phenoxy) is 1. The van der Waals surface area contributed by atoms with E-state index in [9.17, 15) is 19.5 Å². The summed E-state index contributed by atoms with van der Waals surface area (Å²) >= 11 is 0. The fourth-order valence-corrected chi connectivity index (χ4v) is 4.54. The second-order valence-corrected chi connectivity index (χ2v) is 9.53. The maximum Gasteiger partial charge on any atom is 0.338 e. The molecule has 1 saturated heterocycles. The highest BCUT2D eigenvalue weighted by atomic mass is 16.5. The van der Waals surface area contributed by atoms with Gasteiger partial charge in [-0.2, -0.15) is 0 Å². The van der Waals surface area contributed by atoms with Crippen molar-refractivity contribution in [2.24, 2.45) is 0 Å². The van der Waals surface area contributed by atoms with Crippen molar-refractivity contribution in [1.29, 1.82) is 0 Å². The van der Waals surface area contributed by atoms with Gasteiger partial charge >= 0.3 is 12.0 Å². The molecule has 1 unspecified atom stereocenters. The largest absolute Gasteiger partial charge is 0.508 e. The van der Waals surface area contributed by atoms with Crippen molar-refractivity contribution in [2.75, 3.05) is 25.0 Å². The Morgan fingerprint density at radius 2 is 1.69 bits per heavy atom. The summed E-state index contributed by atoms with van der Waals surface area (Å²) in [7, 11) is 0. The number of benzene rings is 3. The van der Waals surface area contributed by atoms with Crippen LogP contribution in [0.3, 0.4) is 0 Å². The minimum atomic E-state index is -0.837. The van der Waals surface area contributed by atoms with Gasteiger partial charge in [0.25, 0.3) is 0 Å². The highest BCUT2D eigenvalue weighted by Gasteiger charge is 2.28. The van der Waals surface area contributed by atoms with Crippen LogP contribution >= 0.6 is 0 Å². The van der Waals surface area contributed by atoms with Crippen molar-refractivity contribution in [1.82, 2.24) is 15.5 Å². The molecule has 4 N–H and O–H groups in total. The lowest BCUT2D eigenvalue weighted by Gasteiger charge is -2.22. The number of carbonyl (C=O) groups excluding carboxylic acids is 3. The van der Waals surface area contributed by atoms with Crippen molar-refractivity contribution in [3.8, 4) is 5.75 Å². The van der Waals surface area contributed by atoms with E-state index in [-0.39, 0.29) is 30.7 Å². The van der Waals surface area contributed by atoms with E-state index >= 15 is 0 Å². The molecule has 9 heteroatoms. The second kappa shape index (κ2) is 13.4. The van der Waals surface area contributed by atoms with Crippen LogP contribution in [0.5, 0.6) is 5.75 Å². The number of nitrogens with zero attached hydrogens (tertiary/aromatic N) is 1. The summed E-state index contributed by atoms with van der Waals surface area (Å²) in [6.45, 7) is 4.43. The lowest BCUT2D eigenvalue weighted by Crippen LogP contribution is -2.52. The molecule has 0 bridgehead atoms. The van der Waals surface area contributed by atoms with E-state index in [4.69, 9.17) is 4.74 Å². The predicted octanol–water partition coefficient (Wildman–Crippen LogP) is 3.69. The van der Waals surface area contributed by atoms with E-state index in [1.165, 1.54) is 5.56 Å². The SMILES string of the molecule is CCOC(=O)c1ccc(NC(=O)N[C@@H](Cc2ccc(O)cc2)C(=O)NC2CCN(Cc3ccccc3)C2)cc1. The van der Waals surface area contributed by atoms with Crippen molar-refractivity contribution in [3.05, 3.63) is 95.6 Å². The number of phenolic OH excluding ortho intramolecular Hbond substituents is 1. The number of carbonyl (C=O) groups is 3. The van der Waals surface area contributed by atoms with Crippen LogP contribution in [-0.2, 0) is 22.5 Å². The summed E-state index contributed by atoms with van der Waals surface area (Å²) in [6, 6.07) is 21.7. The van der Waals surface area contributed by atoms with Gasteiger partial charge in [-0.3, -0.25) is 9.69 Å². The summed E-state index contributed by atoms with van der Waals surface area (Å²) in [5.74, 6) is -0.586. The van der Waals surface area contributed by atoms with Gasteiger partial charge in [-0.05, 0) is 60.9 Å². The molecule has 2 atom stereocenters. The maximum atomic E-state index is 13.3. The van der Waals surface area contributed by atoms with E-state index in [1.54, 1.807) is 55.5 Å². The molecule has 1 fully saturated rings. The quantitative estimate of drug-likeness (QED) is 0.297. The molecule has 0 aliphatic carbocycles. The fourth-order valence-electron chi connectivity index (χ4n) is 4.54. The van der Waals surface area contributed by atoms with Crippen LogP contribution in [0.2, 0.25) is 0 Å². The summed E-state index contributed by atoms with van der Waals surface area (Å²) in [4.78, 5) is 40.3. The molecule has 3 aromatic carbocycles. The molecule has 39 heavy (non-hydrogen) atoms. The first kappa shape index (κ1) is 27.7. The van der Waals surface area contributed by atoms with Gasteiger partial charge in [0, 0.05) is 37.8 Å². The number of likely N-dealkylation sites (tertiary alicyclic amines) is 1. The average molecular weight is 531 g/mol. The van der Waals surface area contributed by atoms with Crippen LogP contribution in [-0.4, -0.2) is 59.7 Å². The molecular weight excluding hydrogens is 496 g/mol. The Balaban J connectivity index is 1.37. The first-order valence-electron chi connectivity index (χ1n) is 13.1. The van der Waals surface area contributed by atoms with Crippen molar-refractivity contribution >= 4 is 23.6 Å². The lowest BCUT2D eigenvalue weighted by atomic mass is 10.0. The van der Waals surface area contributed by atoms with Crippen molar-refractivity contribution < 1.29 is 24.2 Å². The van der Waals surface area contributed by atoms with Gasteiger partial charge in [-0.15, -0.1) is 0 Å². The second-order valence-electron chi connectivity index (χ2n) is 9.53. The third-order valence-corrected chi connectivity index (χ3v) is 6.52. The van der Waals surface area contributed by atoms with Gasteiger partial charge in [-0.1, -0.05) is 42.5 Å². The number of rotatable bonds is 10. The summed E-state index contributed by atoms with van der Waals surface area (Å²) < 4.78 is 4.98. The Hall–Kier alpha value is -4.37. The zero-order valence-corrected chi connectivity index (χ0v) is 21.9. The van der Waals surface area contributed by atoms with Crippen LogP contribution in [0.1, 0.15) is 34.8 Å². The first-order valence-corrected chi connectivity index (χ1v) is 13.1. The molecule has 9 nitrogen and oxygen atoms in total. The molecule has 204 valence electrons. The van der Waals surface area contributed by atoms with Gasteiger partial charge < -0.3 is 25.8 Å². The Bertz CT molecular complexity index is 1250. The monoisotopic (exact) mass is 530 g/mol. The first-order chi connectivity index (χ1) is 18.9. The molecule has 0 spiro atoms. The zero-order valence-electron chi connectivity index (χ0n) is 21.9. The van der Waals surface area contributed by atoms with E-state index in [0.717, 1.165) is 31.6 Å². The van der Waals surface area contributed by atoms with Gasteiger partial charge in [0.2, 0.25) is 5.91 Å². The van der Waals surface area contributed by atoms with Crippen LogP contribution in [0, 0.1) is 0 Å². The minimum absolute atomic E-state index is 0.0242.